The van der Waals surface area contributed by atoms with Crippen molar-refractivity contribution in [2.75, 3.05) is 5.32 Å². The third-order valence-electron chi connectivity index (χ3n) is 2.61. The maximum Gasteiger partial charge on any atom is 0.126 e. The van der Waals surface area contributed by atoms with Gasteiger partial charge in [0.15, 0.2) is 0 Å². The molecule has 0 radical (unpaired) electrons. The molecule has 0 aliphatic carbocycles. The molecule has 2 heterocycles. The van der Waals surface area contributed by atoms with E-state index in [1.165, 1.54) is 0 Å². The van der Waals surface area contributed by atoms with Gasteiger partial charge in [-0.2, -0.15) is 5.10 Å². The van der Waals surface area contributed by atoms with Crippen LogP contribution in [0.2, 0.25) is 0 Å². The molecule has 5 heteroatoms. The smallest absolute Gasteiger partial charge is 0.126 e. The summed E-state index contributed by atoms with van der Waals surface area (Å²) in [5.41, 5.74) is 2.13. The van der Waals surface area contributed by atoms with E-state index < -0.39 is 0 Å². The van der Waals surface area contributed by atoms with Crippen LogP contribution in [0.15, 0.2) is 29.0 Å². The van der Waals surface area contributed by atoms with Crippen molar-refractivity contribution in [2.24, 2.45) is 7.05 Å². The van der Waals surface area contributed by atoms with Crippen LogP contribution in [0.1, 0.15) is 24.2 Å². The number of aromatic nitrogens is 3. The minimum Gasteiger partial charge on any atom is -0.363 e. The molecular weight excluding hydrogens is 280 g/mol. The first-order valence-corrected chi connectivity index (χ1v) is 6.24. The van der Waals surface area contributed by atoms with Crippen molar-refractivity contribution < 1.29 is 0 Å². The zero-order valence-corrected chi connectivity index (χ0v) is 11.7. The van der Waals surface area contributed by atoms with Gasteiger partial charge in [0, 0.05) is 23.3 Å². The number of pyridine rings is 1. The van der Waals surface area contributed by atoms with E-state index in [1.54, 1.807) is 4.68 Å². The van der Waals surface area contributed by atoms with Gasteiger partial charge in [0.05, 0.1) is 17.9 Å². The molecule has 0 amide bonds. The van der Waals surface area contributed by atoms with Crippen molar-refractivity contribution in [3.8, 4) is 0 Å². The van der Waals surface area contributed by atoms with Crippen molar-refractivity contribution in [3.63, 3.8) is 0 Å². The summed E-state index contributed by atoms with van der Waals surface area (Å²) in [6.45, 7) is 4.07. The van der Waals surface area contributed by atoms with E-state index in [9.17, 15) is 0 Å². The fraction of sp³-hybridized carbons (Fsp3) is 0.333. The molecule has 0 aliphatic rings. The normalized spacial score (nSPS) is 12.5. The highest BCUT2D eigenvalue weighted by molar-refractivity contribution is 9.10. The Labute approximate surface area is 109 Å². The zero-order chi connectivity index (χ0) is 12.4. The topological polar surface area (TPSA) is 42.7 Å². The molecule has 90 valence electrons. The lowest BCUT2D eigenvalue weighted by molar-refractivity contribution is 0.765. The second kappa shape index (κ2) is 4.87. The molecule has 4 nitrogen and oxygen atoms in total. The van der Waals surface area contributed by atoms with Gasteiger partial charge in [-0.1, -0.05) is 0 Å². The number of hydrogen-bond donors (Lipinski definition) is 1. The molecule has 17 heavy (non-hydrogen) atoms. The summed E-state index contributed by atoms with van der Waals surface area (Å²) in [6, 6.07) is 4.15. The maximum atomic E-state index is 4.46. The van der Waals surface area contributed by atoms with Crippen LogP contribution in [0.5, 0.6) is 0 Å². The molecule has 0 aromatic carbocycles. The first kappa shape index (κ1) is 12.1. The second-order valence-electron chi connectivity index (χ2n) is 4.08. The van der Waals surface area contributed by atoms with E-state index in [2.05, 4.69) is 38.3 Å². The molecule has 0 saturated carbocycles. The number of aryl methyl sites for hydroxylation is 2. The lowest BCUT2D eigenvalue weighted by atomic mass is 10.2. The molecule has 0 aliphatic heterocycles. The van der Waals surface area contributed by atoms with Crippen LogP contribution in [0, 0.1) is 6.92 Å². The molecule has 0 saturated heterocycles. The van der Waals surface area contributed by atoms with E-state index in [1.807, 2.05) is 38.5 Å². The Kier molecular flexibility index (Phi) is 3.47. The van der Waals surface area contributed by atoms with Gasteiger partial charge in [-0.15, -0.1) is 0 Å². The molecule has 0 bridgehead atoms. The molecule has 1 N–H and O–H groups in total. The summed E-state index contributed by atoms with van der Waals surface area (Å²) >= 11 is 3.44. The third-order valence-corrected chi connectivity index (χ3v) is 3.45. The highest BCUT2D eigenvalue weighted by Crippen LogP contribution is 2.20. The molecule has 1 unspecified atom stereocenters. The van der Waals surface area contributed by atoms with Crippen LogP contribution in [-0.4, -0.2) is 14.8 Å². The van der Waals surface area contributed by atoms with Crippen LogP contribution >= 0.6 is 15.9 Å². The largest absolute Gasteiger partial charge is 0.363 e. The van der Waals surface area contributed by atoms with E-state index in [0.717, 1.165) is 21.5 Å². The summed E-state index contributed by atoms with van der Waals surface area (Å²) in [7, 11) is 1.91. The molecule has 2 rings (SSSR count). The molecule has 0 spiro atoms. The third kappa shape index (κ3) is 2.85. The van der Waals surface area contributed by atoms with E-state index in [-0.39, 0.29) is 6.04 Å². The Morgan fingerprint density at radius 1 is 1.41 bits per heavy atom. The van der Waals surface area contributed by atoms with Crippen LogP contribution in [0.25, 0.3) is 0 Å². The number of nitrogens with one attached hydrogen (secondary N) is 1. The maximum absolute atomic E-state index is 4.46. The summed E-state index contributed by atoms with van der Waals surface area (Å²) in [5.74, 6) is 0.877. The number of halogens is 1. The molecule has 0 fully saturated rings. The summed E-state index contributed by atoms with van der Waals surface area (Å²) in [4.78, 5) is 4.46. The quantitative estimate of drug-likeness (QED) is 0.946. The van der Waals surface area contributed by atoms with Gasteiger partial charge in [-0.05, 0) is 41.9 Å². The fourth-order valence-electron chi connectivity index (χ4n) is 1.59. The number of nitrogens with zero attached hydrogens (tertiary/aromatic N) is 3. The number of anilines is 1. The Hall–Kier alpha value is -1.36. The van der Waals surface area contributed by atoms with Crippen LogP contribution in [-0.2, 0) is 7.05 Å². The Morgan fingerprint density at radius 2 is 2.18 bits per heavy atom. The average molecular weight is 295 g/mol. The highest BCUT2D eigenvalue weighted by Gasteiger charge is 2.08. The first-order valence-electron chi connectivity index (χ1n) is 5.44. The van der Waals surface area contributed by atoms with Gasteiger partial charge in [0.2, 0.25) is 0 Å². The number of hydrogen-bond acceptors (Lipinski definition) is 3. The van der Waals surface area contributed by atoms with Crippen LogP contribution in [0.3, 0.4) is 0 Å². The fourth-order valence-corrected chi connectivity index (χ4v) is 1.81. The van der Waals surface area contributed by atoms with Crippen molar-refractivity contribution in [1.82, 2.24) is 14.8 Å². The zero-order valence-electron chi connectivity index (χ0n) is 10.1. The molecule has 1 atom stereocenters. The van der Waals surface area contributed by atoms with Gasteiger partial charge in [-0.3, -0.25) is 4.68 Å². The molecule has 2 aromatic heterocycles. The molecule has 2 aromatic rings. The van der Waals surface area contributed by atoms with Crippen LogP contribution < -0.4 is 5.32 Å². The van der Waals surface area contributed by atoms with Crippen molar-refractivity contribution in [1.29, 1.82) is 0 Å². The Bertz CT molecular complexity index is 521. The summed E-state index contributed by atoms with van der Waals surface area (Å²) in [5, 5.41) is 7.51. The lowest BCUT2D eigenvalue weighted by Crippen LogP contribution is -2.07. The predicted octanol–water partition coefficient (Wildman–Crippen LogP) is 3.06. The van der Waals surface area contributed by atoms with Crippen molar-refractivity contribution in [2.45, 2.75) is 19.9 Å². The van der Waals surface area contributed by atoms with E-state index >= 15 is 0 Å². The van der Waals surface area contributed by atoms with Crippen molar-refractivity contribution >= 4 is 21.7 Å². The van der Waals surface area contributed by atoms with E-state index in [4.69, 9.17) is 0 Å². The van der Waals surface area contributed by atoms with E-state index in [0.29, 0.717) is 0 Å². The minimum atomic E-state index is 0.191. The minimum absolute atomic E-state index is 0.191. The first-order chi connectivity index (χ1) is 8.06. The van der Waals surface area contributed by atoms with Gasteiger partial charge in [0.1, 0.15) is 5.82 Å². The standard InChI is InChI=1S/C12H15BrN4/c1-8(10-6-14-17(3)7-10)15-12-5-4-11(13)9(2)16-12/h4-8H,1-3H3,(H,15,16). The SMILES string of the molecule is Cc1nc(NC(C)c2cnn(C)c2)ccc1Br. The Balaban J connectivity index is 2.12. The second-order valence-corrected chi connectivity index (χ2v) is 4.93. The van der Waals surface area contributed by atoms with Crippen molar-refractivity contribution in [3.05, 3.63) is 40.3 Å². The predicted molar refractivity (Wildman–Crippen MR) is 71.9 cm³/mol. The monoisotopic (exact) mass is 294 g/mol. The van der Waals surface area contributed by atoms with Gasteiger partial charge >= 0.3 is 0 Å². The lowest BCUT2D eigenvalue weighted by Gasteiger charge is -2.13. The highest BCUT2D eigenvalue weighted by atomic mass is 79.9. The summed E-state index contributed by atoms with van der Waals surface area (Å²) in [6.07, 6.45) is 3.87. The summed E-state index contributed by atoms with van der Waals surface area (Å²) < 4.78 is 2.82. The van der Waals surface area contributed by atoms with Gasteiger partial charge in [0.25, 0.3) is 0 Å². The van der Waals surface area contributed by atoms with Crippen LogP contribution in [0.4, 0.5) is 5.82 Å². The Morgan fingerprint density at radius 3 is 2.76 bits per heavy atom. The van der Waals surface area contributed by atoms with Gasteiger partial charge in [-0.25, -0.2) is 4.98 Å². The number of rotatable bonds is 3. The average Bonchev–Trinajstić information content (AvgIpc) is 2.70. The molecular formula is C12H15BrN4. The van der Waals surface area contributed by atoms with Gasteiger partial charge < -0.3 is 5.32 Å².